The summed E-state index contributed by atoms with van der Waals surface area (Å²) in [6.45, 7) is 18.7. The molecule has 1 aliphatic carbocycles. The van der Waals surface area contributed by atoms with E-state index in [1.54, 1.807) is 6.92 Å². The van der Waals surface area contributed by atoms with Gasteiger partial charge in [-0.2, -0.15) is 0 Å². The van der Waals surface area contributed by atoms with Crippen molar-refractivity contribution in [3.05, 3.63) is 12.2 Å². The molecule has 5 nitrogen and oxygen atoms in total. The lowest BCUT2D eigenvalue weighted by Crippen LogP contribution is -2.44. The van der Waals surface area contributed by atoms with Crippen LogP contribution in [0.2, 0.25) is 0 Å². The van der Waals surface area contributed by atoms with E-state index in [1.807, 2.05) is 13.8 Å². The molecule has 150 valence electrons. The van der Waals surface area contributed by atoms with Gasteiger partial charge in [-0.15, -0.1) is 0 Å². The smallest absolute Gasteiger partial charge is 0.407 e. The van der Waals surface area contributed by atoms with E-state index in [2.05, 4.69) is 39.6 Å². The number of hydrogen-bond donors (Lipinski definition) is 1. The first-order valence-electron chi connectivity index (χ1n) is 9.53. The molecule has 1 fully saturated rings. The molecular formula is C21H37NO4. The van der Waals surface area contributed by atoms with E-state index in [0.717, 1.165) is 12.8 Å². The van der Waals surface area contributed by atoms with Crippen LogP contribution in [0.4, 0.5) is 4.79 Å². The Kier molecular flexibility index (Phi) is 7.32. The van der Waals surface area contributed by atoms with E-state index in [9.17, 15) is 9.59 Å². The van der Waals surface area contributed by atoms with Crippen LogP contribution in [0.3, 0.4) is 0 Å². The highest BCUT2D eigenvalue weighted by atomic mass is 16.6. The topological polar surface area (TPSA) is 64.6 Å². The van der Waals surface area contributed by atoms with Crippen molar-refractivity contribution in [2.75, 3.05) is 13.2 Å². The summed E-state index contributed by atoms with van der Waals surface area (Å²) in [5, 5.41) is 2.94. The van der Waals surface area contributed by atoms with Crippen LogP contribution in [0, 0.1) is 16.7 Å². The summed E-state index contributed by atoms with van der Waals surface area (Å²) in [5.74, 6) is 0.230. The zero-order valence-corrected chi connectivity index (χ0v) is 17.7. The van der Waals surface area contributed by atoms with Gasteiger partial charge in [-0.3, -0.25) is 0 Å². The molecule has 0 aromatic heterocycles. The minimum atomic E-state index is -0.709. The van der Waals surface area contributed by atoms with Gasteiger partial charge in [0.25, 0.3) is 0 Å². The van der Waals surface area contributed by atoms with Gasteiger partial charge in [0.1, 0.15) is 5.60 Å². The van der Waals surface area contributed by atoms with Gasteiger partial charge in [0, 0.05) is 18.5 Å². The van der Waals surface area contributed by atoms with Crippen molar-refractivity contribution < 1.29 is 19.1 Å². The molecule has 0 aromatic rings. The number of alkyl carbamates (subject to hydrolysis) is 1. The fraction of sp³-hybridized carbons (Fsp3) is 0.810. The molecule has 26 heavy (non-hydrogen) atoms. The zero-order valence-electron chi connectivity index (χ0n) is 17.7. The number of carbonyl (C=O) groups excluding carboxylic acids is 2. The molecule has 1 rings (SSSR count). The van der Waals surface area contributed by atoms with Gasteiger partial charge in [0.2, 0.25) is 0 Å². The second kappa shape index (κ2) is 8.45. The molecule has 1 N–H and O–H groups in total. The SMILES string of the molecule is C=C(C)C(=O)OCCC(C)(C)OC(=O)NCC1(C)CC(C)CC(C)(C)C1. The Morgan fingerprint density at radius 3 is 2.38 bits per heavy atom. The average molecular weight is 368 g/mol. The van der Waals surface area contributed by atoms with Crippen LogP contribution in [0.25, 0.3) is 0 Å². The van der Waals surface area contributed by atoms with Crippen molar-refractivity contribution in [2.24, 2.45) is 16.7 Å². The van der Waals surface area contributed by atoms with Gasteiger partial charge >= 0.3 is 12.1 Å². The Morgan fingerprint density at radius 2 is 1.85 bits per heavy atom. The fourth-order valence-electron chi connectivity index (χ4n) is 4.43. The molecule has 0 aliphatic heterocycles. The summed E-state index contributed by atoms with van der Waals surface area (Å²) in [6.07, 6.45) is 3.43. The highest BCUT2D eigenvalue weighted by Crippen LogP contribution is 2.48. The van der Waals surface area contributed by atoms with E-state index in [1.165, 1.54) is 6.42 Å². The molecular weight excluding hydrogens is 330 g/mol. The second-order valence-corrected chi connectivity index (χ2v) is 9.83. The molecule has 0 saturated heterocycles. The van der Waals surface area contributed by atoms with Crippen LogP contribution in [0.5, 0.6) is 0 Å². The average Bonchev–Trinajstić information content (AvgIpc) is 2.41. The van der Waals surface area contributed by atoms with Crippen LogP contribution >= 0.6 is 0 Å². The summed E-state index contributed by atoms with van der Waals surface area (Å²) >= 11 is 0. The summed E-state index contributed by atoms with van der Waals surface area (Å²) in [6, 6.07) is 0. The van der Waals surface area contributed by atoms with Gasteiger partial charge in [-0.05, 0) is 56.8 Å². The Balaban J connectivity index is 2.45. The largest absolute Gasteiger partial charge is 0.462 e. The van der Waals surface area contributed by atoms with Gasteiger partial charge in [0.05, 0.1) is 6.61 Å². The Hall–Kier alpha value is -1.52. The van der Waals surface area contributed by atoms with Crippen LogP contribution in [-0.4, -0.2) is 30.8 Å². The van der Waals surface area contributed by atoms with E-state index >= 15 is 0 Å². The van der Waals surface area contributed by atoms with E-state index in [4.69, 9.17) is 9.47 Å². The standard InChI is InChI=1S/C21H37NO4/c1-15(2)17(23)25-10-9-20(6,7)26-18(24)22-14-21(8)12-16(3)11-19(4,5)13-21/h16H,1,9-14H2,2-8H3,(H,22,24). The maximum atomic E-state index is 12.2. The normalized spacial score (nSPS) is 25.3. The lowest BCUT2D eigenvalue weighted by atomic mass is 9.61. The third kappa shape index (κ3) is 7.79. The Labute approximate surface area is 158 Å². The number of nitrogens with one attached hydrogen (secondary N) is 1. The maximum Gasteiger partial charge on any atom is 0.407 e. The van der Waals surface area contributed by atoms with Crippen LogP contribution in [-0.2, 0) is 14.3 Å². The number of hydrogen-bond acceptors (Lipinski definition) is 4. The first kappa shape index (κ1) is 22.5. The fourth-order valence-corrected chi connectivity index (χ4v) is 4.43. The highest BCUT2D eigenvalue weighted by Gasteiger charge is 2.40. The molecule has 1 aliphatic rings. The summed E-state index contributed by atoms with van der Waals surface area (Å²) < 4.78 is 10.6. The van der Waals surface area contributed by atoms with E-state index in [-0.39, 0.29) is 12.0 Å². The Bertz CT molecular complexity index is 538. The lowest BCUT2D eigenvalue weighted by molar-refractivity contribution is -0.140. The van der Waals surface area contributed by atoms with Crippen LogP contribution in [0.1, 0.15) is 74.1 Å². The molecule has 0 heterocycles. The molecule has 0 spiro atoms. The second-order valence-electron chi connectivity index (χ2n) is 9.83. The van der Waals surface area contributed by atoms with Gasteiger partial charge in [-0.1, -0.05) is 34.3 Å². The molecule has 1 saturated carbocycles. The molecule has 0 bridgehead atoms. The van der Waals surface area contributed by atoms with Crippen molar-refractivity contribution in [3.63, 3.8) is 0 Å². The minimum absolute atomic E-state index is 0.0847. The number of rotatable bonds is 7. The number of esters is 1. The highest BCUT2D eigenvalue weighted by molar-refractivity contribution is 5.86. The maximum absolute atomic E-state index is 12.2. The first-order chi connectivity index (χ1) is 11.7. The van der Waals surface area contributed by atoms with Crippen molar-refractivity contribution in [1.29, 1.82) is 0 Å². The van der Waals surface area contributed by atoms with Crippen LogP contribution < -0.4 is 5.32 Å². The van der Waals surface area contributed by atoms with Crippen LogP contribution in [0.15, 0.2) is 12.2 Å². The van der Waals surface area contributed by atoms with Gasteiger partial charge in [-0.25, -0.2) is 9.59 Å². The molecule has 5 heteroatoms. The molecule has 2 atom stereocenters. The molecule has 2 unspecified atom stereocenters. The summed E-state index contributed by atoms with van der Waals surface area (Å²) in [4.78, 5) is 23.6. The number of carbonyl (C=O) groups is 2. The molecule has 1 amide bonds. The third-order valence-corrected chi connectivity index (χ3v) is 4.96. The minimum Gasteiger partial charge on any atom is -0.462 e. The van der Waals surface area contributed by atoms with Crippen molar-refractivity contribution >= 4 is 12.1 Å². The monoisotopic (exact) mass is 367 g/mol. The summed E-state index contributed by atoms with van der Waals surface area (Å²) in [7, 11) is 0. The predicted octanol–water partition coefficient (Wildman–Crippen LogP) is 4.85. The molecule has 0 aromatic carbocycles. The molecule has 0 radical (unpaired) electrons. The van der Waals surface area contributed by atoms with Crippen molar-refractivity contribution in [2.45, 2.75) is 79.8 Å². The van der Waals surface area contributed by atoms with Gasteiger partial charge in [0.15, 0.2) is 0 Å². The number of amides is 1. The Morgan fingerprint density at radius 1 is 1.23 bits per heavy atom. The lowest BCUT2D eigenvalue weighted by Gasteiger charge is -2.46. The van der Waals surface area contributed by atoms with E-state index in [0.29, 0.717) is 29.9 Å². The first-order valence-corrected chi connectivity index (χ1v) is 9.53. The quantitative estimate of drug-likeness (QED) is 0.516. The predicted molar refractivity (Wildman–Crippen MR) is 104 cm³/mol. The summed E-state index contributed by atoms with van der Waals surface area (Å²) in [5.41, 5.74) is 0.0324. The van der Waals surface area contributed by atoms with E-state index < -0.39 is 17.7 Å². The third-order valence-electron chi connectivity index (χ3n) is 4.96. The number of ether oxygens (including phenoxy) is 2. The van der Waals surface area contributed by atoms with Crippen molar-refractivity contribution in [3.8, 4) is 0 Å². The zero-order chi connectivity index (χ0) is 20.2. The van der Waals surface area contributed by atoms with Crippen molar-refractivity contribution in [1.82, 2.24) is 5.32 Å². The van der Waals surface area contributed by atoms with Gasteiger partial charge < -0.3 is 14.8 Å².